The predicted octanol–water partition coefficient (Wildman–Crippen LogP) is 4.67. The van der Waals surface area contributed by atoms with E-state index in [4.69, 9.17) is 9.47 Å². The Hall–Kier alpha value is -2.07. The Labute approximate surface area is 161 Å². The second-order valence-electron chi connectivity index (χ2n) is 8.14. The lowest BCUT2D eigenvalue weighted by molar-refractivity contribution is 0.157. The van der Waals surface area contributed by atoms with E-state index in [2.05, 4.69) is 34.1 Å². The third-order valence-corrected chi connectivity index (χ3v) is 6.58. The average Bonchev–Trinajstić information content (AvgIpc) is 3.30. The van der Waals surface area contributed by atoms with Crippen molar-refractivity contribution in [2.45, 2.75) is 69.7 Å². The van der Waals surface area contributed by atoms with Crippen LogP contribution in [0, 0.1) is 0 Å². The third-order valence-electron chi connectivity index (χ3n) is 6.58. The van der Waals surface area contributed by atoms with Gasteiger partial charge in [0.05, 0.1) is 13.2 Å². The van der Waals surface area contributed by atoms with Crippen molar-refractivity contribution in [2.24, 2.45) is 0 Å². The minimum atomic E-state index is 0.336. The molecule has 1 saturated heterocycles. The van der Waals surface area contributed by atoms with Gasteiger partial charge in [-0.2, -0.15) is 0 Å². The molecular weight excluding hydrogens is 336 g/mol. The van der Waals surface area contributed by atoms with E-state index < -0.39 is 0 Å². The van der Waals surface area contributed by atoms with E-state index in [0.717, 1.165) is 37.3 Å². The molecule has 0 amide bonds. The Morgan fingerprint density at radius 2 is 1.96 bits per heavy atom. The maximum Gasteiger partial charge on any atom is 0.166 e. The van der Waals surface area contributed by atoms with E-state index in [1.165, 1.54) is 42.5 Å². The minimum absolute atomic E-state index is 0.336. The van der Waals surface area contributed by atoms with Crippen molar-refractivity contribution >= 4 is 0 Å². The number of hydrogen-bond donors (Lipinski definition) is 0. The van der Waals surface area contributed by atoms with Gasteiger partial charge in [0.15, 0.2) is 11.5 Å². The molecule has 2 bridgehead atoms. The van der Waals surface area contributed by atoms with Gasteiger partial charge in [-0.05, 0) is 56.2 Å². The molecule has 5 rings (SSSR count). The van der Waals surface area contributed by atoms with Crippen molar-refractivity contribution in [1.82, 2.24) is 9.88 Å². The molecule has 142 valence electrons. The molecule has 3 heterocycles. The first-order chi connectivity index (χ1) is 13.3. The van der Waals surface area contributed by atoms with Crippen molar-refractivity contribution in [1.29, 1.82) is 0 Å². The van der Waals surface area contributed by atoms with E-state index >= 15 is 0 Å². The summed E-state index contributed by atoms with van der Waals surface area (Å²) in [5.74, 6) is 1.83. The van der Waals surface area contributed by atoms with Gasteiger partial charge in [-0.25, -0.2) is 0 Å². The fourth-order valence-electron chi connectivity index (χ4n) is 5.23. The summed E-state index contributed by atoms with van der Waals surface area (Å²) in [6, 6.07) is 11.7. The van der Waals surface area contributed by atoms with Gasteiger partial charge in [0.2, 0.25) is 0 Å². The van der Waals surface area contributed by atoms with Gasteiger partial charge in [-0.1, -0.05) is 18.2 Å². The van der Waals surface area contributed by atoms with Gasteiger partial charge in [0.25, 0.3) is 0 Å². The molecule has 2 aliphatic heterocycles. The number of nitrogens with zero attached hydrogens (tertiary/aromatic N) is 2. The summed E-state index contributed by atoms with van der Waals surface area (Å²) in [6.45, 7) is 0.920. The van der Waals surface area contributed by atoms with Crippen molar-refractivity contribution in [2.75, 3.05) is 7.11 Å². The quantitative estimate of drug-likeness (QED) is 0.772. The summed E-state index contributed by atoms with van der Waals surface area (Å²) in [7, 11) is 1.74. The summed E-state index contributed by atoms with van der Waals surface area (Å²) < 4.78 is 12.1. The first kappa shape index (κ1) is 17.1. The number of benzene rings is 1. The molecule has 27 heavy (non-hydrogen) atoms. The molecule has 0 N–H and O–H groups in total. The van der Waals surface area contributed by atoms with Crippen LogP contribution in [0.2, 0.25) is 0 Å². The monoisotopic (exact) mass is 364 g/mol. The second kappa shape index (κ2) is 7.16. The predicted molar refractivity (Wildman–Crippen MR) is 105 cm³/mol. The first-order valence-corrected chi connectivity index (χ1v) is 10.4. The Bertz CT molecular complexity index is 816. The third kappa shape index (κ3) is 3.10. The summed E-state index contributed by atoms with van der Waals surface area (Å²) in [5, 5.41) is 0. The van der Waals surface area contributed by atoms with Gasteiger partial charge in [0, 0.05) is 42.5 Å². The van der Waals surface area contributed by atoms with Crippen molar-refractivity contribution in [3.05, 3.63) is 53.3 Å². The molecule has 0 unspecified atom stereocenters. The second-order valence-corrected chi connectivity index (χ2v) is 8.14. The number of methoxy groups -OCH3 is 1. The fraction of sp³-hybridized carbons (Fsp3) is 0.522. The molecule has 2 fully saturated rings. The van der Waals surface area contributed by atoms with Gasteiger partial charge >= 0.3 is 0 Å². The number of fused-ring (bicyclic) bond motifs is 4. The zero-order valence-corrected chi connectivity index (χ0v) is 16.1. The number of aromatic nitrogens is 1. The molecule has 4 nitrogen and oxygen atoms in total. The molecule has 1 aliphatic carbocycles. The van der Waals surface area contributed by atoms with E-state index in [0.29, 0.717) is 18.2 Å². The molecule has 1 aromatic heterocycles. The number of pyridine rings is 1. The molecular formula is C23H28N2O2. The van der Waals surface area contributed by atoms with Crippen LogP contribution in [-0.2, 0) is 13.0 Å². The molecule has 0 spiro atoms. The van der Waals surface area contributed by atoms with Crippen LogP contribution in [0.15, 0.2) is 36.5 Å². The highest BCUT2D eigenvalue weighted by molar-refractivity contribution is 5.47. The Balaban J connectivity index is 1.44. The van der Waals surface area contributed by atoms with E-state index in [1.807, 2.05) is 12.3 Å². The summed E-state index contributed by atoms with van der Waals surface area (Å²) in [5.41, 5.74) is 3.98. The SMILES string of the molecule is COc1cccc(CN2[C@H]3CC[C@@H]2c2cccnc2C3)c1OC1CCCC1. The molecule has 1 saturated carbocycles. The maximum absolute atomic E-state index is 6.47. The first-order valence-electron chi connectivity index (χ1n) is 10.4. The van der Waals surface area contributed by atoms with Crippen molar-refractivity contribution < 1.29 is 9.47 Å². The lowest BCUT2D eigenvalue weighted by Crippen LogP contribution is -2.37. The zero-order chi connectivity index (χ0) is 18.2. The van der Waals surface area contributed by atoms with Gasteiger partial charge in [-0.15, -0.1) is 0 Å². The number of hydrogen-bond acceptors (Lipinski definition) is 4. The van der Waals surface area contributed by atoms with Gasteiger partial charge < -0.3 is 9.47 Å². The topological polar surface area (TPSA) is 34.6 Å². The van der Waals surface area contributed by atoms with Crippen molar-refractivity contribution in [3.63, 3.8) is 0 Å². The number of rotatable bonds is 5. The van der Waals surface area contributed by atoms with Crippen molar-refractivity contribution in [3.8, 4) is 11.5 Å². The Kier molecular flexibility index (Phi) is 4.52. The largest absolute Gasteiger partial charge is 0.493 e. The summed E-state index contributed by atoms with van der Waals surface area (Å²) >= 11 is 0. The maximum atomic E-state index is 6.47. The fourth-order valence-corrected chi connectivity index (χ4v) is 5.23. The average molecular weight is 364 g/mol. The van der Waals surface area contributed by atoms with Crippen LogP contribution in [0.5, 0.6) is 11.5 Å². The standard InChI is InChI=1S/C23H28N2O2/c1-26-22-10-4-6-16(23(22)27-18-7-2-3-8-18)15-25-17-11-12-21(25)19-9-5-13-24-20(19)14-17/h4-6,9-10,13,17-18,21H,2-3,7-8,11-12,14-15H2,1H3/t17-,21+/m0/s1. The van der Waals surface area contributed by atoms with Gasteiger partial charge in [-0.3, -0.25) is 9.88 Å². The minimum Gasteiger partial charge on any atom is -0.493 e. The van der Waals surface area contributed by atoms with Crippen LogP contribution in [0.3, 0.4) is 0 Å². The molecule has 0 radical (unpaired) electrons. The zero-order valence-electron chi connectivity index (χ0n) is 16.1. The number of ether oxygens (including phenoxy) is 2. The van der Waals surface area contributed by atoms with Crippen LogP contribution >= 0.6 is 0 Å². The lowest BCUT2D eigenvalue weighted by Gasteiger charge is -2.36. The highest BCUT2D eigenvalue weighted by Gasteiger charge is 2.40. The van der Waals surface area contributed by atoms with Crippen LogP contribution in [0.4, 0.5) is 0 Å². The summed E-state index contributed by atoms with van der Waals surface area (Å²) in [4.78, 5) is 7.31. The number of para-hydroxylation sites is 1. The normalized spacial score (nSPS) is 24.8. The van der Waals surface area contributed by atoms with Crippen LogP contribution in [0.25, 0.3) is 0 Å². The molecule has 2 atom stereocenters. The molecule has 4 heteroatoms. The van der Waals surface area contributed by atoms with E-state index in [-0.39, 0.29) is 0 Å². The molecule has 1 aromatic carbocycles. The molecule has 3 aliphatic rings. The lowest BCUT2D eigenvalue weighted by atomic mass is 9.97. The van der Waals surface area contributed by atoms with Gasteiger partial charge in [0.1, 0.15) is 0 Å². The molecule has 2 aromatic rings. The Morgan fingerprint density at radius 3 is 2.81 bits per heavy atom. The van der Waals surface area contributed by atoms with E-state index in [9.17, 15) is 0 Å². The summed E-state index contributed by atoms with van der Waals surface area (Å²) in [6.07, 6.45) is 10.7. The highest BCUT2D eigenvalue weighted by atomic mass is 16.5. The smallest absolute Gasteiger partial charge is 0.166 e. The van der Waals surface area contributed by atoms with Crippen LogP contribution in [-0.4, -0.2) is 29.1 Å². The van der Waals surface area contributed by atoms with Crippen LogP contribution < -0.4 is 9.47 Å². The van der Waals surface area contributed by atoms with E-state index in [1.54, 1.807) is 7.11 Å². The van der Waals surface area contributed by atoms with Crippen LogP contribution in [0.1, 0.15) is 61.4 Å². The highest BCUT2D eigenvalue weighted by Crippen LogP contribution is 2.45. The Morgan fingerprint density at radius 1 is 1.07 bits per heavy atom.